The van der Waals surface area contributed by atoms with Gasteiger partial charge in [-0.3, -0.25) is 0 Å². The molecule has 1 heteroatoms. The molecule has 1 aliphatic carbocycles. The predicted octanol–water partition coefficient (Wildman–Crippen LogP) is 3.64. The molecule has 0 saturated carbocycles. The first-order valence-corrected chi connectivity index (χ1v) is 5.72. The predicted molar refractivity (Wildman–Crippen MR) is 63.1 cm³/mol. The van der Waals surface area contributed by atoms with Crippen LogP contribution >= 0.6 is 0 Å². The lowest BCUT2D eigenvalue weighted by molar-refractivity contribution is 0.645. The highest BCUT2D eigenvalue weighted by atomic mass is 14.9. The Morgan fingerprint density at radius 1 is 1.14 bits per heavy atom. The molecule has 14 heavy (non-hydrogen) atoms. The fourth-order valence-corrected chi connectivity index (χ4v) is 2.05. The van der Waals surface area contributed by atoms with Crippen molar-refractivity contribution in [1.29, 1.82) is 0 Å². The summed E-state index contributed by atoms with van der Waals surface area (Å²) in [5.41, 5.74) is 5.93. The highest BCUT2D eigenvalue weighted by Crippen LogP contribution is 2.34. The molecular formula is C13H23N. The minimum atomic E-state index is 0.604. The third kappa shape index (κ3) is 2.02. The second kappa shape index (κ2) is 4.68. The summed E-state index contributed by atoms with van der Waals surface area (Å²) in [7, 11) is 0. The van der Waals surface area contributed by atoms with Crippen LogP contribution in [0.1, 0.15) is 47.5 Å². The largest absolute Gasteiger partial charge is 0.388 e. The van der Waals surface area contributed by atoms with E-state index in [9.17, 15) is 0 Å². The number of hydrogen-bond acceptors (Lipinski definition) is 1. The zero-order chi connectivity index (χ0) is 10.7. The van der Waals surface area contributed by atoms with E-state index >= 15 is 0 Å². The number of hydrogen-bond donors (Lipinski definition) is 1. The molecule has 1 unspecified atom stereocenters. The van der Waals surface area contributed by atoms with Crippen molar-refractivity contribution in [3.63, 3.8) is 0 Å². The molecule has 0 aromatic heterocycles. The SMILES string of the molecule is CCCCNC1=C(C)C(C)=C(C)C1C. The average Bonchev–Trinajstić information content (AvgIpc) is 2.35. The topological polar surface area (TPSA) is 12.0 Å². The Labute approximate surface area is 88.3 Å². The van der Waals surface area contributed by atoms with Crippen LogP contribution in [0.3, 0.4) is 0 Å². The minimum absolute atomic E-state index is 0.604. The molecule has 0 fully saturated rings. The van der Waals surface area contributed by atoms with E-state index in [0.717, 1.165) is 6.54 Å². The molecule has 80 valence electrons. The van der Waals surface area contributed by atoms with Crippen LogP contribution < -0.4 is 5.32 Å². The Bertz CT molecular complexity index is 271. The van der Waals surface area contributed by atoms with Crippen LogP contribution in [0.5, 0.6) is 0 Å². The lowest BCUT2D eigenvalue weighted by atomic mass is 10.0. The number of nitrogens with one attached hydrogen (secondary N) is 1. The molecule has 1 N–H and O–H groups in total. The lowest BCUT2D eigenvalue weighted by Crippen LogP contribution is -2.19. The number of rotatable bonds is 4. The van der Waals surface area contributed by atoms with Crippen LogP contribution in [0.4, 0.5) is 0 Å². The van der Waals surface area contributed by atoms with Gasteiger partial charge >= 0.3 is 0 Å². The Balaban J connectivity index is 2.63. The van der Waals surface area contributed by atoms with Gasteiger partial charge in [0.15, 0.2) is 0 Å². The van der Waals surface area contributed by atoms with Gasteiger partial charge in [0.1, 0.15) is 0 Å². The molecule has 1 atom stereocenters. The monoisotopic (exact) mass is 193 g/mol. The third-order valence-electron chi connectivity index (χ3n) is 3.49. The summed E-state index contributed by atoms with van der Waals surface area (Å²) in [5.74, 6) is 0.604. The van der Waals surface area contributed by atoms with Gasteiger partial charge in [0.2, 0.25) is 0 Å². The van der Waals surface area contributed by atoms with Gasteiger partial charge in [0, 0.05) is 18.2 Å². The molecule has 0 amide bonds. The summed E-state index contributed by atoms with van der Waals surface area (Å²) < 4.78 is 0. The minimum Gasteiger partial charge on any atom is -0.388 e. The molecule has 0 aliphatic heterocycles. The van der Waals surface area contributed by atoms with Crippen molar-refractivity contribution in [3.05, 3.63) is 22.4 Å². The Kier molecular flexibility index (Phi) is 3.79. The first-order valence-electron chi connectivity index (χ1n) is 5.72. The van der Waals surface area contributed by atoms with Crippen LogP contribution in [-0.2, 0) is 0 Å². The van der Waals surface area contributed by atoms with Crippen LogP contribution in [0.25, 0.3) is 0 Å². The van der Waals surface area contributed by atoms with Crippen molar-refractivity contribution in [3.8, 4) is 0 Å². The highest BCUT2D eigenvalue weighted by Gasteiger charge is 2.22. The third-order valence-corrected chi connectivity index (χ3v) is 3.49. The maximum Gasteiger partial charge on any atom is 0.0209 e. The number of unbranched alkanes of at least 4 members (excludes halogenated alkanes) is 1. The number of allylic oxidation sites excluding steroid dienone is 3. The molecule has 0 heterocycles. The van der Waals surface area contributed by atoms with Crippen LogP contribution in [0.15, 0.2) is 22.4 Å². The van der Waals surface area contributed by atoms with Crippen molar-refractivity contribution in [2.45, 2.75) is 47.5 Å². The standard InChI is InChI=1S/C13H23N/c1-6-7-8-14-13-11(4)9(2)10(3)12(13)5/h11,14H,6-8H2,1-5H3. The zero-order valence-corrected chi connectivity index (χ0v) is 10.2. The Morgan fingerprint density at radius 3 is 2.21 bits per heavy atom. The van der Waals surface area contributed by atoms with E-state index < -0.39 is 0 Å². The molecule has 1 rings (SSSR count). The summed E-state index contributed by atoms with van der Waals surface area (Å²) in [4.78, 5) is 0. The maximum absolute atomic E-state index is 3.58. The summed E-state index contributed by atoms with van der Waals surface area (Å²) in [6.45, 7) is 12.4. The van der Waals surface area contributed by atoms with E-state index in [1.165, 1.54) is 35.3 Å². The molecule has 1 nitrogen and oxygen atoms in total. The average molecular weight is 193 g/mol. The highest BCUT2D eigenvalue weighted by molar-refractivity contribution is 5.45. The van der Waals surface area contributed by atoms with Crippen molar-refractivity contribution in [2.24, 2.45) is 5.92 Å². The van der Waals surface area contributed by atoms with E-state index in [1.54, 1.807) is 0 Å². The second-order valence-corrected chi connectivity index (χ2v) is 4.35. The first kappa shape index (κ1) is 11.4. The van der Waals surface area contributed by atoms with Crippen molar-refractivity contribution >= 4 is 0 Å². The second-order valence-electron chi connectivity index (χ2n) is 4.35. The Hall–Kier alpha value is -0.720. The van der Waals surface area contributed by atoms with Crippen LogP contribution in [0, 0.1) is 5.92 Å². The summed E-state index contributed by atoms with van der Waals surface area (Å²) in [5, 5.41) is 3.58. The van der Waals surface area contributed by atoms with E-state index in [-0.39, 0.29) is 0 Å². The van der Waals surface area contributed by atoms with Gasteiger partial charge < -0.3 is 5.32 Å². The van der Waals surface area contributed by atoms with Crippen molar-refractivity contribution in [1.82, 2.24) is 5.32 Å². The first-order chi connectivity index (χ1) is 6.59. The van der Waals surface area contributed by atoms with E-state index in [1.807, 2.05) is 0 Å². The molecule has 0 bridgehead atoms. The van der Waals surface area contributed by atoms with Gasteiger partial charge in [-0.1, -0.05) is 25.8 Å². The zero-order valence-electron chi connectivity index (χ0n) is 10.2. The van der Waals surface area contributed by atoms with E-state index in [2.05, 4.69) is 39.9 Å². The molecule has 0 aromatic carbocycles. The molecule has 1 aliphatic rings. The quantitative estimate of drug-likeness (QED) is 0.672. The summed E-state index contributed by atoms with van der Waals surface area (Å²) in [6, 6.07) is 0. The molecular weight excluding hydrogens is 170 g/mol. The van der Waals surface area contributed by atoms with E-state index in [0.29, 0.717) is 5.92 Å². The fourth-order valence-electron chi connectivity index (χ4n) is 2.05. The van der Waals surface area contributed by atoms with E-state index in [4.69, 9.17) is 0 Å². The normalized spacial score (nSPS) is 22.2. The molecule has 0 saturated heterocycles. The van der Waals surface area contributed by atoms with Gasteiger partial charge in [-0.05, 0) is 38.3 Å². The van der Waals surface area contributed by atoms with Crippen molar-refractivity contribution < 1.29 is 0 Å². The van der Waals surface area contributed by atoms with Gasteiger partial charge in [-0.2, -0.15) is 0 Å². The maximum atomic E-state index is 3.58. The summed E-state index contributed by atoms with van der Waals surface area (Å²) in [6.07, 6.45) is 2.53. The fraction of sp³-hybridized carbons (Fsp3) is 0.692. The van der Waals surface area contributed by atoms with Crippen LogP contribution in [0.2, 0.25) is 0 Å². The molecule has 0 radical (unpaired) electrons. The van der Waals surface area contributed by atoms with Gasteiger partial charge in [0.25, 0.3) is 0 Å². The summed E-state index contributed by atoms with van der Waals surface area (Å²) >= 11 is 0. The molecule has 0 aromatic rings. The van der Waals surface area contributed by atoms with Gasteiger partial charge in [-0.25, -0.2) is 0 Å². The van der Waals surface area contributed by atoms with Crippen LogP contribution in [-0.4, -0.2) is 6.54 Å². The lowest BCUT2D eigenvalue weighted by Gasteiger charge is -2.14. The van der Waals surface area contributed by atoms with Gasteiger partial charge in [-0.15, -0.1) is 0 Å². The Morgan fingerprint density at radius 2 is 1.79 bits per heavy atom. The van der Waals surface area contributed by atoms with Gasteiger partial charge in [0.05, 0.1) is 0 Å². The molecule has 0 spiro atoms. The smallest absolute Gasteiger partial charge is 0.0209 e. The van der Waals surface area contributed by atoms with Crippen molar-refractivity contribution in [2.75, 3.05) is 6.54 Å².